The van der Waals surface area contributed by atoms with Gasteiger partial charge in [0.15, 0.2) is 0 Å². The molecule has 0 aliphatic rings. The fraction of sp³-hybridized carbons (Fsp3) is 0. The van der Waals surface area contributed by atoms with Crippen LogP contribution < -0.4 is 24.8 Å². The second-order valence-electron chi connectivity index (χ2n) is 0.0913. The van der Waals surface area contributed by atoms with Crippen LogP contribution in [0, 0.1) is 0 Å². The largest absolute Gasteiger partial charge is 1.00 e. The predicted octanol–water partition coefficient (Wildman–Crippen LogP) is -5.25. The van der Waals surface area contributed by atoms with Gasteiger partial charge in [-0.15, -0.1) is 0 Å². The van der Waals surface area contributed by atoms with Crippen molar-refractivity contribution in [2.75, 3.05) is 0 Å². The Bertz CT molecular complexity index is 17.1. The minimum Gasteiger partial charge on any atom is -1.00 e. The van der Waals surface area contributed by atoms with Gasteiger partial charge in [0.05, 0.1) is 0 Å². The molecule has 0 bridgehead atoms. The van der Waals surface area contributed by atoms with Crippen molar-refractivity contribution in [1.29, 1.82) is 0 Å². The molecular formula is Cl2OPZr. The van der Waals surface area contributed by atoms with Crippen LogP contribution in [0.15, 0.2) is 0 Å². The molecule has 0 saturated carbocycles. The number of rotatable bonds is 0. The van der Waals surface area contributed by atoms with Crippen molar-refractivity contribution in [3.8, 4) is 0 Å². The maximum Gasteiger partial charge on any atom is -1.00 e. The van der Waals surface area contributed by atoms with Crippen LogP contribution in [-0.4, -0.2) is 0 Å². The van der Waals surface area contributed by atoms with Crippen molar-refractivity contribution in [3.05, 3.63) is 0 Å². The Kier molecular flexibility index (Phi) is 56.4. The summed E-state index contributed by atoms with van der Waals surface area (Å²) in [4.78, 5) is 0. The average Bonchev–Trinajstić information content (AvgIpc) is 0.918. The zero-order chi connectivity index (χ0) is 2.71. The van der Waals surface area contributed by atoms with Gasteiger partial charge >= 0.3 is 34.5 Å². The minimum absolute atomic E-state index is 0. The molecule has 0 radical (unpaired) electrons. The Balaban J connectivity index is -0.0000000200. The summed E-state index contributed by atoms with van der Waals surface area (Å²) >= 11 is 1.05. The molecule has 0 fully saturated rings. The van der Waals surface area contributed by atoms with E-state index in [9.17, 15) is 0 Å². The number of hydrogen-bond donors (Lipinski definition) is 0. The van der Waals surface area contributed by atoms with Crippen molar-refractivity contribution in [1.82, 2.24) is 0 Å². The van der Waals surface area contributed by atoms with Gasteiger partial charge < -0.3 is 24.8 Å². The predicted molar refractivity (Wildman–Crippen MR) is 7.61 cm³/mol. The molecule has 0 N–H and O–H groups in total. The summed E-state index contributed by atoms with van der Waals surface area (Å²) in [6.45, 7) is 0. The van der Waals surface area contributed by atoms with E-state index in [1.807, 2.05) is 0 Å². The maximum absolute atomic E-state index is 8.94. The first kappa shape index (κ1) is 16.0. The summed E-state index contributed by atoms with van der Waals surface area (Å²) < 4.78 is 8.94. The van der Waals surface area contributed by atoms with Gasteiger partial charge in [-0.05, 0) is 0 Å². The Morgan fingerprint density at radius 1 is 1.40 bits per heavy atom. The first-order valence-electron chi connectivity index (χ1n) is 0.406. The third kappa shape index (κ3) is 28.9. The monoisotopic (exact) mass is 207 g/mol. The van der Waals surface area contributed by atoms with Gasteiger partial charge in [-0.25, -0.2) is 0 Å². The van der Waals surface area contributed by atoms with E-state index in [1.54, 1.807) is 0 Å². The van der Waals surface area contributed by atoms with Crippen LogP contribution in [0.5, 0.6) is 0 Å². The molecule has 0 saturated heterocycles. The standard InChI is InChI=1S/2ClH.OP.Zr/c;;1-2;/h2*1H;;/q;;-1;+3/p-2. The summed E-state index contributed by atoms with van der Waals surface area (Å²) in [5, 5.41) is 0. The molecule has 5 heavy (non-hydrogen) atoms. The first-order valence-corrected chi connectivity index (χ1v) is 4.52. The SMILES string of the molecule is O=[P][Zr+2].[Cl-].[Cl-]. The molecule has 0 rings (SSSR count). The third-order valence-electron chi connectivity index (χ3n) is 0. The van der Waals surface area contributed by atoms with Gasteiger partial charge in [-0.1, -0.05) is 0 Å². The third-order valence-corrected chi connectivity index (χ3v) is 0. The molecule has 0 unspecified atom stereocenters. The summed E-state index contributed by atoms with van der Waals surface area (Å²) in [6.07, 6.45) is 0. The van der Waals surface area contributed by atoms with E-state index in [0.29, 0.717) is 0 Å². The Morgan fingerprint density at radius 2 is 1.40 bits per heavy atom. The van der Waals surface area contributed by atoms with E-state index in [2.05, 4.69) is 0 Å². The maximum atomic E-state index is 8.94. The van der Waals surface area contributed by atoms with Gasteiger partial charge in [0, 0.05) is 0 Å². The number of hydrogen-bond acceptors (Lipinski definition) is 1. The van der Waals surface area contributed by atoms with Crippen LogP contribution in [0.25, 0.3) is 0 Å². The molecule has 0 atom stereocenters. The Hall–Kier alpha value is 1.56. The van der Waals surface area contributed by atoms with E-state index in [0.717, 1.165) is 24.1 Å². The van der Waals surface area contributed by atoms with E-state index in [4.69, 9.17) is 4.57 Å². The van der Waals surface area contributed by atoms with Crippen molar-refractivity contribution < 1.29 is 53.5 Å². The van der Waals surface area contributed by atoms with Gasteiger partial charge in [0.1, 0.15) is 0 Å². The van der Waals surface area contributed by atoms with Gasteiger partial charge in [0.2, 0.25) is 0 Å². The second kappa shape index (κ2) is 17.6. The van der Waals surface area contributed by atoms with Crippen LogP contribution in [-0.2, 0) is 28.7 Å². The molecule has 29 valence electrons. The van der Waals surface area contributed by atoms with Crippen LogP contribution in [0.1, 0.15) is 0 Å². The van der Waals surface area contributed by atoms with Crippen molar-refractivity contribution in [2.24, 2.45) is 0 Å². The molecule has 5 heteroatoms. The Morgan fingerprint density at radius 3 is 1.40 bits per heavy atom. The fourth-order valence-corrected chi connectivity index (χ4v) is 0. The van der Waals surface area contributed by atoms with Crippen molar-refractivity contribution >= 4 is 5.75 Å². The molecular weight excluding hydrogens is 209 g/mol. The van der Waals surface area contributed by atoms with Crippen LogP contribution >= 0.6 is 5.75 Å². The molecule has 0 spiro atoms. The van der Waals surface area contributed by atoms with Crippen LogP contribution in [0.2, 0.25) is 0 Å². The van der Waals surface area contributed by atoms with Crippen molar-refractivity contribution in [3.63, 3.8) is 0 Å². The average molecular weight is 209 g/mol. The molecule has 0 aromatic heterocycles. The molecule has 0 aromatic carbocycles. The van der Waals surface area contributed by atoms with Gasteiger partial charge in [0.25, 0.3) is 0 Å². The van der Waals surface area contributed by atoms with Gasteiger partial charge in [-0.3, -0.25) is 0 Å². The molecule has 0 aliphatic heterocycles. The second-order valence-corrected chi connectivity index (χ2v) is 1.62. The molecule has 0 aliphatic carbocycles. The molecule has 0 aromatic rings. The van der Waals surface area contributed by atoms with Gasteiger partial charge in [-0.2, -0.15) is 0 Å². The zero-order valence-corrected chi connectivity index (χ0v) is 6.98. The summed E-state index contributed by atoms with van der Waals surface area (Å²) in [6, 6.07) is 0. The minimum atomic E-state index is 0. The first-order chi connectivity index (χ1) is 1.41. The van der Waals surface area contributed by atoms with E-state index >= 15 is 0 Å². The van der Waals surface area contributed by atoms with Crippen molar-refractivity contribution in [2.45, 2.75) is 0 Å². The van der Waals surface area contributed by atoms with Crippen LogP contribution in [0.3, 0.4) is 0 Å². The summed E-state index contributed by atoms with van der Waals surface area (Å²) in [5.74, 6) is 0.257. The van der Waals surface area contributed by atoms with E-state index in [-0.39, 0.29) is 30.6 Å². The fourth-order valence-electron chi connectivity index (χ4n) is 0. The number of halogens is 2. The van der Waals surface area contributed by atoms with E-state index < -0.39 is 0 Å². The Labute approximate surface area is 59.0 Å². The smallest absolute Gasteiger partial charge is 1.00 e. The topological polar surface area (TPSA) is 17.1 Å². The quantitative estimate of drug-likeness (QED) is 0.364. The van der Waals surface area contributed by atoms with Crippen LogP contribution in [0.4, 0.5) is 0 Å². The normalized spacial score (nSPS) is 4.40. The van der Waals surface area contributed by atoms with E-state index in [1.165, 1.54) is 0 Å². The zero-order valence-electron chi connectivity index (χ0n) is 2.11. The summed E-state index contributed by atoms with van der Waals surface area (Å²) in [5.41, 5.74) is 0. The molecule has 0 heterocycles. The molecule has 1 nitrogen and oxygen atoms in total. The molecule has 0 amide bonds. The summed E-state index contributed by atoms with van der Waals surface area (Å²) in [7, 11) is 0.